The summed E-state index contributed by atoms with van der Waals surface area (Å²) >= 11 is 0. The van der Waals surface area contributed by atoms with Crippen molar-refractivity contribution >= 4 is 11.9 Å². The monoisotopic (exact) mass is 565 g/mol. The zero-order chi connectivity index (χ0) is 29.6. The summed E-state index contributed by atoms with van der Waals surface area (Å²) in [4.78, 5) is 22.6. The summed E-state index contributed by atoms with van der Waals surface area (Å²) in [5, 5.41) is 18.6. The Morgan fingerprint density at radius 2 is 0.775 bits per heavy atom. The maximum Gasteiger partial charge on any atom is 0.313 e. The van der Waals surface area contributed by atoms with Gasteiger partial charge in [-0.25, -0.2) is 0 Å². The van der Waals surface area contributed by atoms with Gasteiger partial charge in [-0.05, 0) is 19.3 Å². The molecule has 0 rings (SSSR count). The molecule has 0 heterocycles. The molecule has 0 spiro atoms. The molecule has 0 radical (unpaired) electrons. The van der Waals surface area contributed by atoms with E-state index in [1.807, 2.05) is 0 Å². The van der Waals surface area contributed by atoms with E-state index in [0.717, 1.165) is 51.4 Å². The van der Waals surface area contributed by atoms with E-state index in [4.69, 9.17) is 5.11 Å². The third-order valence-electron chi connectivity index (χ3n) is 8.81. The van der Waals surface area contributed by atoms with Gasteiger partial charge in [0.15, 0.2) is 0 Å². The number of carboxylic acids is 2. The molecule has 0 aromatic rings. The van der Waals surface area contributed by atoms with Gasteiger partial charge >= 0.3 is 11.9 Å². The van der Waals surface area contributed by atoms with E-state index in [0.29, 0.717) is 6.42 Å². The Bertz CT molecular complexity index is 587. The van der Waals surface area contributed by atoms with Gasteiger partial charge in [-0.15, -0.1) is 6.58 Å². The molecule has 0 bridgehead atoms. The first kappa shape index (κ1) is 38.7. The lowest BCUT2D eigenvalue weighted by atomic mass is 9.78. The molecule has 0 fully saturated rings. The number of carbonyl (C=O) groups is 2. The van der Waals surface area contributed by atoms with Gasteiger partial charge in [0.25, 0.3) is 0 Å². The van der Waals surface area contributed by atoms with Crippen LogP contribution in [0.25, 0.3) is 0 Å². The van der Waals surface area contributed by atoms with Gasteiger partial charge in [-0.1, -0.05) is 180 Å². The number of aliphatic carboxylic acids is 2. The van der Waals surface area contributed by atoms with Crippen LogP contribution in [0.2, 0.25) is 0 Å². The van der Waals surface area contributed by atoms with Gasteiger partial charge in [0.1, 0.15) is 0 Å². The van der Waals surface area contributed by atoms with Crippen LogP contribution in [0.3, 0.4) is 0 Å². The fraction of sp³-hybridized carbons (Fsp3) is 0.889. The Balaban J connectivity index is 3.66. The molecule has 1 unspecified atom stereocenters. The van der Waals surface area contributed by atoms with Crippen molar-refractivity contribution in [1.82, 2.24) is 0 Å². The van der Waals surface area contributed by atoms with E-state index in [2.05, 4.69) is 13.5 Å². The molecule has 0 aliphatic rings. The first-order valence-corrected chi connectivity index (χ1v) is 17.6. The average molecular weight is 565 g/mol. The van der Waals surface area contributed by atoms with Crippen LogP contribution in [0.15, 0.2) is 12.7 Å². The number of hydrogen-bond donors (Lipinski definition) is 2. The molecule has 0 aliphatic carbocycles. The standard InChI is InChI=1S/C36H68O4/c1-3-5-6-7-8-9-10-17-20-23-26-29-32-36(4-2,35(39)40)33-30-27-24-21-18-15-13-11-12-14-16-19-22-25-28-31-34(37)38/h4H,2-3,5-33H2,1H3,(H,37,38)(H,39,40). The summed E-state index contributed by atoms with van der Waals surface area (Å²) in [5.41, 5.74) is -0.725. The van der Waals surface area contributed by atoms with E-state index in [1.54, 1.807) is 6.08 Å². The maximum absolute atomic E-state index is 12.1. The predicted molar refractivity (Wildman–Crippen MR) is 172 cm³/mol. The number of carboxylic acid groups (broad SMARTS) is 2. The molecule has 0 aromatic heterocycles. The fourth-order valence-corrected chi connectivity index (χ4v) is 5.93. The Labute approximate surface area is 249 Å². The molecule has 0 aromatic carbocycles. The Morgan fingerprint density at radius 3 is 1.02 bits per heavy atom. The normalized spacial score (nSPS) is 12.8. The predicted octanol–water partition coefficient (Wildman–Crippen LogP) is 12.1. The van der Waals surface area contributed by atoms with Crippen LogP contribution >= 0.6 is 0 Å². The summed E-state index contributed by atoms with van der Waals surface area (Å²) in [6.07, 6.45) is 37.3. The van der Waals surface area contributed by atoms with Gasteiger partial charge in [-0.3, -0.25) is 9.59 Å². The summed E-state index contributed by atoms with van der Waals surface area (Å²) in [7, 11) is 0. The minimum Gasteiger partial charge on any atom is -0.481 e. The van der Waals surface area contributed by atoms with E-state index in [9.17, 15) is 14.7 Å². The molecule has 0 saturated carbocycles. The fourth-order valence-electron chi connectivity index (χ4n) is 5.93. The van der Waals surface area contributed by atoms with Crippen LogP contribution in [0.5, 0.6) is 0 Å². The van der Waals surface area contributed by atoms with Crippen LogP contribution < -0.4 is 0 Å². The number of hydrogen-bond acceptors (Lipinski definition) is 2. The second kappa shape index (κ2) is 29.2. The average Bonchev–Trinajstić information content (AvgIpc) is 2.93. The molecule has 236 valence electrons. The first-order chi connectivity index (χ1) is 19.5. The summed E-state index contributed by atoms with van der Waals surface area (Å²) in [5.74, 6) is -1.35. The minimum atomic E-state index is -0.725. The highest BCUT2D eigenvalue weighted by Crippen LogP contribution is 2.33. The molecule has 40 heavy (non-hydrogen) atoms. The summed E-state index contributed by atoms with van der Waals surface area (Å²) in [6, 6.07) is 0. The summed E-state index contributed by atoms with van der Waals surface area (Å²) in [6.45, 7) is 6.19. The lowest BCUT2D eigenvalue weighted by molar-refractivity contribution is -0.147. The zero-order valence-electron chi connectivity index (χ0n) is 26.7. The second-order valence-electron chi connectivity index (χ2n) is 12.5. The largest absolute Gasteiger partial charge is 0.481 e. The Hall–Kier alpha value is -1.32. The van der Waals surface area contributed by atoms with Gasteiger partial charge < -0.3 is 10.2 Å². The molecular formula is C36H68O4. The number of unbranched alkanes of at least 4 members (excludes halogenated alkanes) is 25. The van der Waals surface area contributed by atoms with Crippen LogP contribution in [-0.2, 0) is 9.59 Å². The third kappa shape index (κ3) is 24.5. The van der Waals surface area contributed by atoms with E-state index >= 15 is 0 Å². The van der Waals surface area contributed by atoms with Gasteiger partial charge in [0.05, 0.1) is 5.41 Å². The van der Waals surface area contributed by atoms with Crippen LogP contribution in [0.1, 0.15) is 200 Å². The molecule has 1 atom stereocenters. The van der Waals surface area contributed by atoms with Crippen LogP contribution in [-0.4, -0.2) is 22.2 Å². The maximum atomic E-state index is 12.1. The second-order valence-corrected chi connectivity index (χ2v) is 12.5. The molecule has 0 saturated heterocycles. The molecule has 4 nitrogen and oxygen atoms in total. The highest BCUT2D eigenvalue weighted by Gasteiger charge is 2.33. The third-order valence-corrected chi connectivity index (χ3v) is 8.81. The Morgan fingerprint density at radius 1 is 0.500 bits per heavy atom. The van der Waals surface area contributed by atoms with Crippen molar-refractivity contribution in [2.75, 3.05) is 0 Å². The highest BCUT2D eigenvalue weighted by molar-refractivity contribution is 5.76. The van der Waals surface area contributed by atoms with Gasteiger partial charge in [0, 0.05) is 6.42 Å². The van der Waals surface area contributed by atoms with Crippen molar-refractivity contribution in [2.45, 2.75) is 200 Å². The molecule has 2 N–H and O–H groups in total. The minimum absolute atomic E-state index is 0.317. The number of rotatable bonds is 33. The van der Waals surface area contributed by atoms with E-state index in [-0.39, 0.29) is 0 Å². The van der Waals surface area contributed by atoms with Crippen LogP contribution in [0, 0.1) is 5.41 Å². The van der Waals surface area contributed by atoms with E-state index in [1.165, 1.54) is 135 Å². The molecule has 4 heteroatoms. The van der Waals surface area contributed by atoms with Crippen molar-refractivity contribution in [1.29, 1.82) is 0 Å². The SMILES string of the molecule is C=CC(CCCCCCCCCCCCCC)(CCCCCCCCCCCCCCCCCC(=O)O)C(=O)O. The van der Waals surface area contributed by atoms with Crippen molar-refractivity contribution in [3.63, 3.8) is 0 Å². The van der Waals surface area contributed by atoms with Crippen molar-refractivity contribution in [3.8, 4) is 0 Å². The summed E-state index contributed by atoms with van der Waals surface area (Å²) < 4.78 is 0. The lowest BCUT2D eigenvalue weighted by Crippen LogP contribution is -2.28. The smallest absolute Gasteiger partial charge is 0.313 e. The van der Waals surface area contributed by atoms with Crippen molar-refractivity contribution < 1.29 is 19.8 Å². The van der Waals surface area contributed by atoms with Gasteiger partial charge in [0.2, 0.25) is 0 Å². The molecule has 0 amide bonds. The van der Waals surface area contributed by atoms with E-state index < -0.39 is 17.4 Å². The lowest BCUT2D eigenvalue weighted by Gasteiger charge is -2.26. The van der Waals surface area contributed by atoms with Crippen LogP contribution in [0.4, 0.5) is 0 Å². The zero-order valence-corrected chi connectivity index (χ0v) is 26.7. The topological polar surface area (TPSA) is 74.6 Å². The first-order valence-electron chi connectivity index (χ1n) is 17.6. The van der Waals surface area contributed by atoms with Crippen molar-refractivity contribution in [3.05, 3.63) is 12.7 Å². The van der Waals surface area contributed by atoms with Gasteiger partial charge in [-0.2, -0.15) is 0 Å². The Kier molecular flexibility index (Phi) is 28.2. The van der Waals surface area contributed by atoms with Crippen molar-refractivity contribution in [2.24, 2.45) is 5.41 Å². The highest BCUT2D eigenvalue weighted by atomic mass is 16.4. The quantitative estimate of drug-likeness (QED) is 0.0614. The molecular weight excluding hydrogens is 496 g/mol. The molecule has 0 aliphatic heterocycles.